The largest absolute Gasteiger partial charge is 0.489 e. The molecule has 0 spiro atoms. The van der Waals surface area contributed by atoms with Crippen molar-refractivity contribution in [2.24, 2.45) is 5.92 Å². The highest BCUT2D eigenvalue weighted by atomic mass is 16.5. The Morgan fingerprint density at radius 3 is 2.71 bits per heavy atom. The number of ether oxygens (including phenoxy) is 2. The smallest absolute Gasteiger partial charge is 0.308 e. The van der Waals surface area contributed by atoms with Crippen molar-refractivity contribution in [1.82, 2.24) is 4.98 Å². The molecule has 1 unspecified atom stereocenters. The number of hydrogen-bond acceptors (Lipinski definition) is 3. The maximum absolute atomic E-state index is 11.6. The van der Waals surface area contributed by atoms with E-state index in [4.69, 9.17) is 9.47 Å². The van der Waals surface area contributed by atoms with Crippen LogP contribution in [0.5, 0.6) is 5.75 Å². The zero-order chi connectivity index (χ0) is 16.9. The van der Waals surface area contributed by atoms with Crippen LogP contribution in [-0.4, -0.2) is 18.1 Å². The summed E-state index contributed by atoms with van der Waals surface area (Å²) in [7, 11) is 1.42. The van der Waals surface area contributed by atoms with E-state index in [2.05, 4.69) is 4.98 Å². The molecule has 1 aromatic heterocycles. The van der Waals surface area contributed by atoms with E-state index in [1.165, 1.54) is 7.11 Å². The van der Waals surface area contributed by atoms with Crippen LogP contribution >= 0.6 is 0 Å². The van der Waals surface area contributed by atoms with Gasteiger partial charge in [-0.2, -0.15) is 0 Å². The molecule has 4 heteroatoms. The number of aromatic amines is 1. The molecule has 24 heavy (non-hydrogen) atoms. The summed E-state index contributed by atoms with van der Waals surface area (Å²) in [6.45, 7) is 2.41. The Bertz CT molecular complexity index is 823. The van der Waals surface area contributed by atoms with Gasteiger partial charge in [0.25, 0.3) is 0 Å². The predicted octanol–water partition coefficient (Wildman–Crippen LogP) is 4.10. The molecule has 3 rings (SSSR count). The minimum absolute atomic E-state index is 0.178. The first-order valence-corrected chi connectivity index (χ1v) is 8.02. The standard InChI is InChI=1S/C20H21NO3/c1-14(20(22)23-2)10-16-12-21-19-9-8-17(11-18(16)19)24-13-15-6-4-3-5-7-15/h3-9,11-12,14,21H,10,13H2,1-2H3. The van der Waals surface area contributed by atoms with Crippen LogP contribution in [0.3, 0.4) is 0 Å². The summed E-state index contributed by atoms with van der Waals surface area (Å²) in [5.41, 5.74) is 3.26. The lowest BCUT2D eigenvalue weighted by atomic mass is 10.0. The maximum Gasteiger partial charge on any atom is 0.308 e. The second kappa shape index (κ2) is 7.21. The maximum atomic E-state index is 11.6. The molecule has 0 radical (unpaired) electrons. The molecule has 0 fully saturated rings. The summed E-state index contributed by atoms with van der Waals surface area (Å²) in [5, 5.41) is 1.08. The van der Waals surface area contributed by atoms with Crippen molar-refractivity contribution in [2.75, 3.05) is 7.11 Å². The van der Waals surface area contributed by atoms with Crippen LogP contribution in [0.2, 0.25) is 0 Å². The summed E-state index contributed by atoms with van der Waals surface area (Å²) in [6, 6.07) is 16.0. The Kier molecular flexibility index (Phi) is 4.85. The van der Waals surface area contributed by atoms with Gasteiger partial charge < -0.3 is 14.5 Å². The Morgan fingerprint density at radius 1 is 1.17 bits per heavy atom. The lowest BCUT2D eigenvalue weighted by Gasteiger charge is -2.09. The van der Waals surface area contributed by atoms with Gasteiger partial charge in [0, 0.05) is 17.1 Å². The van der Waals surface area contributed by atoms with Gasteiger partial charge in [-0.1, -0.05) is 37.3 Å². The van der Waals surface area contributed by atoms with E-state index in [9.17, 15) is 4.79 Å². The third-order valence-electron chi connectivity index (χ3n) is 4.12. The SMILES string of the molecule is COC(=O)C(C)Cc1c[nH]c2ccc(OCc3ccccc3)cc12. The number of carbonyl (C=O) groups is 1. The highest BCUT2D eigenvalue weighted by Crippen LogP contribution is 2.26. The third-order valence-corrected chi connectivity index (χ3v) is 4.12. The van der Waals surface area contributed by atoms with E-state index in [0.29, 0.717) is 13.0 Å². The minimum Gasteiger partial charge on any atom is -0.489 e. The molecule has 1 N–H and O–H groups in total. The van der Waals surface area contributed by atoms with Crippen molar-refractivity contribution in [3.05, 3.63) is 65.9 Å². The number of fused-ring (bicyclic) bond motifs is 1. The lowest BCUT2D eigenvalue weighted by molar-refractivity contribution is -0.144. The van der Waals surface area contributed by atoms with E-state index in [1.54, 1.807) is 0 Å². The summed E-state index contributed by atoms with van der Waals surface area (Å²) in [5.74, 6) is 0.446. The van der Waals surface area contributed by atoms with Crippen molar-refractivity contribution >= 4 is 16.9 Å². The van der Waals surface area contributed by atoms with Gasteiger partial charge in [-0.05, 0) is 35.7 Å². The van der Waals surface area contributed by atoms with Crippen molar-refractivity contribution in [3.8, 4) is 5.75 Å². The zero-order valence-electron chi connectivity index (χ0n) is 13.9. The number of methoxy groups -OCH3 is 1. The minimum atomic E-state index is -0.194. The van der Waals surface area contributed by atoms with E-state index in [0.717, 1.165) is 27.8 Å². The Morgan fingerprint density at radius 2 is 1.96 bits per heavy atom. The average molecular weight is 323 g/mol. The molecule has 0 aliphatic rings. The monoisotopic (exact) mass is 323 g/mol. The first kappa shape index (κ1) is 16.1. The summed E-state index contributed by atoms with van der Waals surface area (Å²) >= 11 is 0. The fourth-order valence-electron chi connectivity index (χ4n) is 2.77. The fraction of sp³-hybridized carbons (Fsp3) is 0.250. The van der Waals surface area contributed by atoms with Crippen LogP contribution in [0.4, 0.5) is 0 Å². The average Bonchev–Trinajstić information content (AvgIpc) is 3.02. The second-order valence-electron chi connectivity index (χ2n) is 5.92. The van der Waals surface area contributed by atoms with Gasteiger partial charge in [0.05, 0.1) is 13.0 Å². The molecule has 0 saturated carbocycles. The second-order valence-corrected chi connectivity index (χ2v) is 5.92. The molecule has 124 valence electrons. The van der Waals surface area contributed by atoms with Crippen LogP contribution in [0, 0.1) is 5.92 Å². The fourth-order valence-corrected chi connectivity index (χ4v) is 2.77. The van der Waals surface area contributed by atoms with Crippen LogP contribution in [-0.2, 0) is 22.6 Å². The molecule has 2 aromatic carbocycles. The quantitative estimate of drug-likeness (QED) is 0.695. The lowest BCUT2D eigenvalue weighted by Crippen LogP contribution is -2.14. The first-order valence-electron chi connectivity index (χ1n) is 8.02. The van der Waals surface area contributed by atoms with E-state index < -0.39 is 0 Å². The summed E-state index contributed by atoms with van der Waals surface area (Å²) < 4.78 is 10.7. The third kappa shape index (κ3) is 3.59. The van der Waals surface area contributed by atoms with E-state index in [-0.39, 0.29) is 11.9 Å². The summed E-state index contributed by atoms with van der Waals surface area (Å²) in [6.07, 6.45) is 2.58. The predicted molar refractivity (Wildman–Crippen MR) is 94.0 cm³/mol. The van der Waals surface area contributed by atoms with Gasteiger partial charge in [0.1, 0.15) is 12.4 Å². The molecule has 4 nitrogen and oxygen atoms in total. The molecule has 3 aromatic rings. The van der Waals surface area contributed by atoms with Crippen LogP contribution in [0.15, 0.2) is 54.7 Å². The number of hydrogen-bond donors (Lipinski definition) is 1. The number of H-pyrrole nitrogens is 1. The highest BCUT2D eigenvalue weighted by molar-refractivity contribution is 5.85. The van der Waals surface area contributed by atoms with Crippen molar-refractivity contribution in [3.63, 3.8) is 0 Å². The number of carbonyl (C=O) groups excluding carboxylic acids is 1. The van der Waals surface area contributed by atoms with Gasteiger partial charge in [0.15, 0.2) is 0 Å². The van der Waals surface area contributed by atoms with Gasteiger partial charge in [0.2, 0.25) is 0 Å². The molecular formula is C20H21NO3. The van der Waals surface area contributed by atoms with Gasteiger partial charge in [-0.25, -0.2) is 0 Å². The van der Waals surface area contributed by atoms with Crippen LogP contribution in [0.25, 0.3) is 10.9 Å². The number of aromatic nitrogens is 1. The molecule has 0 amide bonds. The van der Waals surface area contributed by atoms with Gasteiger partial charge in [-0.3, -0.25) is 4.79 Å². The normalized spacial score (nSPS) is 12.1. The van der Waals surface area contributed by atoms with E-state index in [1.807, 2.05) is 61.7 Å². The van der Waals surface area contributed by atoms with Gasteiger partial charge in [-0.15, -0.1) is 0 Å². The van der Waals surface area contributed by atoms with Crippen molar-refractivity contribution in [1.29, 1.82) is 0 Å². The Labute approximate surface area is 141 Å². The molecule has 1 atom stereocenters. The van der Waals surface area contributed by atoms with Crippen LogP contribution in [0.1, 0.15) is 18.1 Å². The van der Waals surface area contributed by atoms with Crippen molar-refractivity contribution < 1.29 is 14.3 Å². The molecule has 0 aliphatic heterocycles. The van der Waals surface area contributed by atoms with Crippen LogP contribution < -0.4 is 4.74 Å². The van der Waals surface area contributed by atoms with E-state index >= 15 is 0 Å². The first-order chi connectivity index (χ1) is 11.7. The molecule has 0 bridgehead atoms. The topological polar surface area (TPSA) is 51.3 Å². The number of benzene rings is 2. The number of esters is 1. The molecular weight excluding hydrogens is 302 g/mol. The Balaban J connectivity index is 1.77. The highest BCUT2D eigenvalue weighted by Gasteiger charge is 2.16. The zero-order valence-corrected chi connectivity index (χ0v) is 13.9. The molecule has 0 saturated heterocycles. The summed E-state index contributed by atoms with van der Waals surface area (Å²) in [4.78, 5) is 14.9. The van der Waals surface area contributed by atoms with Gasteiger partial charge >= 0.3 is 5.97 Å². The number of rotatable bonds is 6. The molecule has 1 heterocycles. The number of nitrogens with one attached hydrogen (secondary N) is 1. The Hall–Kier alpha value is -2.75. The molecule has 0 aliphatic carbocycles. The van der Waals surface area contributed by atoms with Crippen molar-refractivity contribution in [2.45, 2.75) is 20.0 Å².